The molecule has 0 aliphatic carbocycles. The number of carbonyl (C=O) groups excluding carboxylic acids is 1. The van der Waals surface area contributed by atoms with Gasteiger partial charge in [0.05, 0.1) is 23.7 Å². The number of hydrogen-bond acceptors (Lipinski definition) is 3. The second-order valence-electron chi connectivity index (χ2n) is 7.42. The Balaban J connectivity index is 1.57. The SMILES string of the molecule is CC(C)[C@@H]1CO[C@@]23CCN(Cc4ccc(F)c(Cl)c4)[C@@H]2CC(=O)N13. The molecule has 0 radical (unpaired) electrons. The average molecular weight is 353 g/mol. The van der Waals surface area contributed by atoms with Crippen molar-refractivity contribution in [2.75, 3.05) is 13.2 Å². The molecular weight excluding hydrogens is 331 g/mol. The second kappa shape index (κ2) is 5.68. The molecule has 1 aromatic rings. The van der Waals surface area contributed by atoms with Crippen molar-refractivity contribution >= 4 is 17.5 Å². The van der Waals surface area contributed by atoms with Crippen LogP contribution in [0.3, 0.4) is 0 Å². The number of hydrogen-bond donors (Lipinski definition) is 0. The van der Waals surface area contributed by atoms with E-state index >= 15 is 0 Å². The molecule has 4 rings (SSSR count). The van der Waals surface area contributed by atoms with Crippen molar-refractivity contribution < 1.29 is 13.9 Å². The Morgan fingerprint density at radius 1 is 1.46 bits per heavy atom. The van der Waals surface area contributed by atoms with E-state index in [1.807, 2.05) is 4.90 Å². The first-order valence-corrected chi connectivity index (χ1v) is 8.94. The highest BCUT2D eigenvalue weighted by Gasteiger charge is 2.64. The molecule has 0 N–H and O–H groups in total. The van der Waals surface area contributed by atoms with Gasteiger partial charge in [-0.15, -0.1) is 0 Å². The van der Waals surface area contributed by atoms with Crippen LogP contribution in [0, 0.1) is 11.7 Å². The minimum atomic E-state index is -0.462. The van der Waals surface area contributed by atoms with Crippen LogP contribution < -0.4 is 0 Å². The van der Waals surface area contributed by atoms with E-state index in [0.29, 0.717) is 25.5 Å². The van der Waals surface area contributed by atoms with Gasteiger partial charge in [-0.2, -0.15) is 0 Å². The van der Waals surface area contributed by atoms with Gasteiger partial charge in [-0.25, -0.2) is 4.39 Å². The van der Waals surface area contributed by atoms with Crippen LogP contribution in [0.15, 0.2) is 18.2 Å². The van der Waals surface area contributed by atoms with E-state index in [9.17, 15) is 9.18 Å². The number of carbonyl (C=O) groups is 1. The zero-order valence-corrected chi connectivity index (χ0v) is 14.7. The normalized spacial score (nSPS) is 32.7. The quantitative estimate of drug-likeness (QED) is 0.838. The smallest absolute Gasteiger partial charge is 0.226 e. The summed E-state index contributed by atoms with van der Waals surface area (Å²) in [7, 11) is 0. The minimum Gasteiger partial charge on any atom is -0.352 e. The van der Waals surface area contributed by atoms with Crippen LogP contribution >= 0.6 is 11.6 Å². The van der Waals surface area contributed by atoms with Gasteiger partial charge in [0.1, 0.15) is 5.82 Å². The molecule has 0 unspecified atom stereocenters. The van der Waals surface area contributed by atoms with E-state index in [4.69, 9.17) is 16.3 Å². The van der Waals surface area contributed by atoms with Crippen molar-refractivity contribution in [3.05, 3.63) is 34.6 Å². The number of ether oxygens (including phenoxy) is 1. The Morgan fingerprint density at radius 2 is 2.25 bits per heavy atom. The van der Waals surface area contributed by atoms with Gasteiger partial charge in [-0.1, -0.05) is 31.5 Å². The third kappa shape index (κ3) is 2.29. The molecule has 0 saturated carbocycles. The lowest BCUT2D eigenvalue weighted by atomic mass is 10.0. The Hall–Kier alpha value is -1.17. The first kappa shape index (κ1) is 16.3. The van der Waals surface area contributed by atoms with Crippen molar-refractivity contribution in [1.29, 1.82) is 0 Å². The summed E-state index contributed by atoms with van der Waals surface area (Å²) in [5, 5.41) is 0.141. The predicted molar refractivity (Wildman–Crippen MR) is 89.0 cm³/mol. The van der Waals surface area contributed by atoms with Crippen molar-refractivity contribution in [2.45, 2.75) is 51.0 Å². The molecule has 4 nitrogen and oxygen atoms in total. The summed E-state index contributed by atoms with van der Waals surface area (Å²) < 4.78 is 19.6. The molecule has 24 heavy (non-hydrogen) atoms. The Kier molecular flexibility index (Phi) is 3.86. The fourth-order valence-electron chi connectivity index (χ4n) is 4.52. The molecule has 3 aliphatic rings. The maximum absolute atomic E-state index is 13.4. The van der Waals surface area contributed by atoms with E-state index in [2.05, 4.69) is 18.7 Å². The van der Waals surface area contributed by atoms with Crippen LogP contribution in [-0.2, 0) is 16.1 Å². The Labute approximate surface area is 146 Å². The van der Waals surface area contributed by atoms with Gasteiger partial charge in [0, 0.05) is 25.9 Å². The molecule has 130 valence electrons. The highest BCUT2D eigenvalue weighted by molar-refractivity contribution is 6.30. The largest absolute Gasteiger partial charge is 0.352 e. The summed E-state index contributed by atoms with van der Waals surface area (Å²) in [5.74, 6) is 0.175. The van der Waals surface area contributed by atoms with Gasteiger partial charge in [0.25, 0.3) is 0 Å². The van der Waals surface area contributed by atoms with Crippen LogP contribution in [0.25, 0.3) is 0 Å². The van der Waals surface area contributed by atoms with Gasteiger partial charge >= 0.3 is 0 Å². The van der Waals surface area contributed by atoms with Crippen molar-refractivity contribution in [3.8, 4) is 0 Å². The maximum Gasteiger partial charge on any atom is 0.226 e. The number of nitrogens with zero attached hydrogens (tertiary/aromatic N) is 2. The molecule has 6 heteroatoms. The minimum absolute atomic E-state index is 0.0672. The summed E-state index contributed by atoms with van der Waals surface area (Å²) in [5.41, 5.74) is 0.498. The van der Waals surface area contributed by atoms with E-state index in [1.165, 1.54) is 6.07 Å². The van der Waals surface area contributed by atoms with Crippen molar-refractivity contribution in [3.63, 3.8) is 0 Å². The molecule has 3 saturated heterocycles. The van der Waals surface area contributed by atoms with E-state index in [1.54, 1.807) is 12.1 Å². The number of halogens is 2. The third-order valence-electron chi connectivity index (χ3n) is 5.74. The van der Waals surface area contributed by atoms with Crippen LogP contribution in [-0.4, -0.2) is 46.7 Å². The zero-order valence-electron chi connectivity index (χ0n) is 14.0. The summed E-state index contributed by atoms with van der Waals surface area (Å²) in [6.45, 7) is 6.43. The Morgan fingerprint density at radius 3 is 2.96 bits per heavy atom. The summed E-state index contributed by atoms with van der Waals surface area (Å²) in [6.07, 6.45) is 1.33. The van der Waals surface area contributed by atoms with Gasteiger partial charge in [0.2, 0.25) is 5.91 Å². The molecule has 1 spiro atoms. The fraction of sp³-hybridized carbons (Fsp3) is 0.611. The van der Waals surface area contributed by atoms with E-state index in [-0.39, 0.29) is 23.0 Å². The molecule has 3 atom stereocenters. The summed E-state index contributed by atoms with van der Waals surface area (Å²) in [6, 6.07) is 5.06. The molecule has 1 amide bonds. The third-order valence-corrected chi connectivity index (χ3v) is 6.03. The van der Waals surface area contributed by atoms with Gasteiger partial charge < -0.3 is 9.64 Å². The first-order chi connectivity index (χ1) is 11.4. The fourth-order valence-corrected chi connectivity index (χ4v) is 4.72. The summed E-state index contributed by atoms with van der Waals surface area (Å²) >= 11 is 5.89. The molecule has 1 aromatic carbocycles. The number of rotatable bonds is 3. The second-order valence-corrected chi connectivity index (χ2v) is 7.83. The zero-order chi connectivity index (χ0) is 17.1. The molecule has 0 aromatic heterocycles. The van der Waals surface area contributed by atoms with Crippen LogP contribution in [0.2, 0.25) is 5.02 Å². The van der Waals surface area contributed by atoms with E-state index < -0.39 is 11.5 Å². The Bertz CT molecular complexity index is 683. The van der Waals surface area contributed by atoms with Crippen molar-refractivity contribution in [1.82, 2.24) is 9.80 Å². The standard InChI is InChI=1S/C18H22ClFN2O2/c1-11(2)15-10-24-18-5-6-21(16(18)8-17(23)22(15)18)9-12-3-4-14(20)13(19)7-12/h3-4,7,11,15-16H,5-6,8-10H2,1-2H3/t15-,16+,18-/m0/s1. The van der Waals surface area contributed by atoms with Crippen molar-refractivity contribution in [2.24, 2.45) is 5.92 Å². The maximum atomic E-state index is 13.4. The number of benzene rings is 1. The van der Waals surface area contributed by atoms with Gasteiger partial charge in [-0.05, 0) is 23.6 Å². The molecule has 3 aliphatic heterocycles. The molecule has 0 bridgehead atoms. The van der Waals surface area contributed by atoms with Crippen LogP contribution in [0.4, 0.5) is 4.39 Å². The predicted octanol–water partition coefficient (Wildman–Crippen LogP) is 3.04. The van der Waals surface area contributed by atoms with Gasteiger partial charge in [0.15, 0.2) is 5.72 Å². The van der Waals surface area contributed by atoms with Gasteiger partial charge in [-0.3, -0.25) is 9.69 Å². The van der Waals surface area contributed by atoms with Crippen LogP contribution in [0.5, 0.6) is 0 Å². The van der Waals surface area contributed by atoms with Crippen LogP contribution in [0.1, 0.15) is 32.3 Å². The highest BCUT2D eigenvalue weighted by Crippen LogP contribution is 2.49. The lowest BCUT2D eigenvalue weighted by molar-refractivity contribution is -0.139. The molecule has 3 fully saturated rings. The van der Waals surface area contributed by atoms with E-state index in [0.717, 1.165) is 18.5 Å². The molecular formula is C18H22ClFN2O2. The average Bonchev–Trinajstić information content (AvgIpc) is 3.14. The highest BCUT2D eigenvalue weighted by atomic mass is 35.5. The topological polar surface area (TPSA) is 32.8 Å². The monoisotopic (exact) mass is 352 g/mol. The lowest BCUT2D eigenvalue weighted by Crippen LogP contribution is -2.50. The lowest BCUT2D eigenvalue weighted by Gasteiger charge is -2.34. The summed E-state index contributed by atoms with van der Waals surface area (Å²) in [4.78, 5) is 16.9. The number of likely N-dealkylation sites (tertiary alicyclic amines) is 1. The molecule has 3 heterocycles. The number of amides is 1. The first-order valence-electron chi connectivity index (χ1n) is 8.56.